The minimum Gasteiger partial charge on any atom is -0.492 e. The van der Waals surface area contributed by atoms with Crippen molar-refractivity contribution in [3.05, 3.63) is 84.3 Å². The lowest BCUT2D eigenvalue weighted by Crippen LogP contribution is -2.42. The van der Waals surface area contributed by atoms with Crippen molar-refractivity contribution in [3.63, 3.8) is 0 Å². The lowest BCUT2D eigenvalue weighted by Gasteiger charge is -2.32. The second kappa shape index (κ2) is 10.5. The third-order valence-electron chi connectivity index (χ3n) is 6.62. The number of benzene rings is 1. The summed E-state index contributed by atoms with van der Waals surface area (Å²) >= 11 is 0. The maximum atomic E-state index is 12.9. The van der Waals surface area contributed by atoms with E-state index in [4.69, 9.17) is 4.74 Å². The van der Waals surface area contributed by atoms with Crippen molar-refractivity contribution in [2.75, 3.05) is 25.0 Å². The summed E-state index contributed by atoms with van der Waals surface area (Å²) in [5, 5.41) is 17.4. The molecule has 1 saturated heterocycles. The van der Waals surface area contributed by atoms with Crippen LogP contribution in [0.15, 0.2) is 67.6 Å². The molecule has 1 N–H and O–H groups in total. The molecule has 1 aliphatic heterocycles. The first-order valence-corrected chi connectivity index (χ1v) is 12.4. The Labute approximate surface area is 215 Å². The van der Waals surface area contributed by atoms with Crippen molar-refractivity contribution in [2.24, 2.45) is 0 Å². The molecule has 1 amide bonds. The van der Waals surface area contributed by atoms with E-state index in [-0.39, 0.29) is 11.9 Å². The number of ether oxygens (including phenoxy) is 1. The monoisotopic (exact) mass is 492 g/mol. The number of carbonyl (C=O) groups excluding carboxylic acids is 1. The highest BCUT2D eigenvalue weighted by Crippen LogP contribution is 2.31. The number of aromatic nitrogens is 3. The zero-order valence-electron chi connectivity index (χ0n) is 20.7. The van der Waals surface area contributed by atoms with Gasteiger partial charge >= 0.3 is 0 Å². The number of fused-ring (bicyclic) bond motifs is 1. The number of pyridine rings is 2. The Morgan fingerprint density at radius 3 is 2.65 bits per heavy atom. The quantitative estimate of drug-likeness (QED) is 0.389. The van der Waals surface area contributed by atoms with Crippen LogP contribution in [-0.4, -0.2) is 51.1 Å². The van der Waals surface area contributed by atoms with Crippen LogP contribution in [0.25, 0.3) is 22.7 Å². The molecule has 8 heteroatoms. The van der Waals surface area contributed by atoms with Crippen molar-refractivity contribution in [1.82, 2.24) is 19.5 Å². The molecule has 0 radical (unpaired) electrons. The number of anilines is 1. The second-order valence-electron chi connectivity index (χ2n) is 8.95. The zero-order chi connectivity index (χ0) is 25.8. The summed E-state index contributed by atoms with van der Waals surface area (Å²) < 4.78 is 7.37. The molecule has 186 valence electrons. The van der Waals surface area contributed by atoms with Gasteiger partial charge in [0.05, 0.1) is 30.1 Å². The van der Waals surface area contributed by atoms with Gasteiger partial charge in [0.15, 0.2) is 0 Å². The van der Waals surface area contributed by atoms with Gasteiger partial charge in [-0.05, 0) is 55.7 Å². The van der Waals surface area contributed by atoms with E-state index in [1.165, 1.54) is 0 Å². The van der Waals surface area contributed by atoms with Crippen molar-refractivity contribution in [1.29, 1.82) is 5.26 Å². The van der Waals surface area contributed by atoms with Gasteiger partial charge in [-0.2, -0.15) is 10.4 Å². The Kier molecular flexibility index (Phi) is 6.86. The van der Waals surface area contributed by atoms with Crippen LogP contribution in [0, 0.1) is 11.3 Å². The first kappa shape index (κ1) is 24.1. The topological polar surface area (TPSA) is 95.5 Å². The molecule has 3 aromatic heterocycles. The first-order valence-electron chi connectivity index (χ1n) is 12.4. The first-order chi connectivity index (χ1) is 18.1. The SMILES string of the molecule is C=Cc1ccc(C(=O)N2CCC(Nc3ccc(-c4cc(OCC)cn5ncc(C#N)c45)cn3)CC2)cc1. The molecule has 0 aliphatic carbocycles. The third kappa shape index (κ3) is 5.02. The van der Waals surface area contributed by atoms with Crippen LogP contribution in [-0.2, 0) is 0 Å². The summed E-state index contributed by atoms with van der Waals surface area (Å²) in [5.41, 5.74) is 4.64. The number of amides is 1. The molecular weight excluding hydrogens is 464 g/mol. The maximum Gasteiger partial charge on any atom is 0.253 e. The van der Waals surface area contributed by atoms with E-state index in [1.807, 2.05) is 54.3 Å². The highest BCUT2D eigenvalue weighted by molar-refractivity contribution is 5.94. The van der Waals surface area contributed by atoms with E-state index in [0.29, 0.717) is 36.6 Å². The molecule has 5 rings (SSSR count). The van der Waals surface area contributed by atoms with Gasteiger partial charge in [-0.15, -0.1) is 0 Å². The van der Waals surface area contributed by atoms with Gasteiger partial charge in [-0.3, -0.25) is 4.79 Å². The largest absolute Gasteiger partial charge is 0.492 e. The number of hydrogen-bond donors (Lipinski definition) is 1. The smallest absolute Gasteiger partial charge is 0.253 e. The zero-order valence-corrected chi connectivity index (χ0v) is 20.7. The lowest BCUT2D eigenvalue weighted by atomic mass is 10.0. The van der Waals surface area contributed by atoms with Gasteiger partial charge in [0.25, 0.3) is 5.91 Å². The number of carbonyl (C=O) groups is 1. The van der Waals surface area contributed by atoms with Gasteiger partial charge in [-0.25, -0.2) is 9.50 Å². The molecule has 4 heterocycles. The third-order valence-corrected chi connectivity index (χ3v) is 6.62. The van der Waals surface area contributed by atoms with Crippen LogP contribution in [0.4, 0.5) is 5.82 Å². The molecular formula is C29H28N6O2. The predicted molar refractivity (Wildman–Crippen MR) is 143 cm³/mol. The van der Waals surface area contributed by atoms with Crippen molar-refractivity contribution >= 4 is 23.3 Å². The minimum atomic E-state index is 0.0637. The van der Waals surface area contributed by atoms with Crippen molar-refractivity contribution < 1.29 is 9.53 Å². The molecule has 0 unspecified atom stereocenters. The van der Waals surface area contributed by atoms with Crippen LogP contribution in [0.1, 0.15) is 41.3 Å². The average molecular weight is 493 g/mol. The summed E-state index contributed by atoms with van der Waals surface area (Å²) in [4.78, 5) is 19.4. The molecule has 8 nitrogen and oxygen atoms in total. The number of nitrogens with one attached hydrogen (secondary N) is 1. The summed E-state index contributed by atoms with van der Waals surface area (Å²) in [6.45, 7) is 7.60. The van der Waals surface area contributed by atoms with Crippen LogP contribution >= 0.6 is 0 Å². The van der Waals surface area contributed by atoms with Gasteiger partial charge in [-0.1, -0.05) is 24.8 Å². The van der Waals surface area contributed by atoms with Crippen LogP contribution in [0.2, 0.25) is 0 Å². The fourth-order valence-corrected chi connectivity index (χ4v) is 4.66. The normalized spacial score (nSPS) is 13.8. The molecule has 4 aromatic rings. The average Bonchev–Trinajstić information content (AvgIpc) is 3.36. The fourth-order valence-electron chi connectivity index (χ4n) is 4.66. The molecule has 0 atom stereocenters. The number of likely N-dealkylation sites (tertiary alicyclic amines) is 1. The summed E-state index contributed by atoms with van der Waals surface area (Å²) in [6.07, 6.45) is 8.60. The van der Waals surface area contributed by atoms with E-state index in [2.05, 4.69) is 28.0 Å². The van der Waals surface area contributed by atoms with E-state index in [1.54, 1.807) is 29.2 Å². The molecule has 0 saturated carbocycles. The highest BCUT2D eigenvalue weighted by atomic mass is 16.5. The van der Waals surface area contributed by atoms with E-state index in [9.17, 15) is 10.1 Å². The Morgan fingerprint density at radius 2 is 2.00 bits per heavy atom. The van der Waals surface area contributed by atoms with Gasteiger partial charge in [0.2, 0.25) is 0 Å². The second-order valence-corrected chi connectivity index (χ2v) is 8.95. The van der Waals surface area contributed by atoms with Crippen LogP contribution < -0.4 is 10.1 Å². The van der Waals surface area contributed by atoms with E-state index in [0.717, 1.165) is 40.9 Å². The number of nitriles is 1. The van der Waals surface area contributed by atoms with Gasteiger partial charge in [0, 0.05) is 42.0 Å². The predicted octanol–water partition coefficient (Wildman–Crippen LogP) is 5.03. The molecule has 1 aromatic carbocycles. The van der Waals surface area contributed by atoms with Crippen LogP contribution in [0.5, 0.6) is 5.75 Å². The van der Waals surface area contributed by atoms with Crippen molar-refractivity contribution in [2.45, 2.75) is 25.8 Å². The highest BCUT2D eigenvalue weighted by Gasteiger charge is 2.24. The number of rotatable bonds is 7. The maximum absolute atomic E-state index is 12.9. The van der Waals surface area contributed by atoms with E-state index < -0.39 is 0 Å². The fraction of sp³-hybridized carbons (Fsp3) is 0.241. The Bertz CT molecular complexity index is 1460. The Morgan fingerprint density at radius 1 is 1.22 bits per heavy atom. The van der Waals surface area contributed by atoms with Crippen molar-refractivity contribution in [3.8, 4) is 22.9 Å². The van der Waals surface area contributed by atoms with Gasteiger partial charge in [0.1, 0.15) is 17.6 Å². The Balaban J connectivity index is 1.26. The van der Waals surface area contributed by atoms with E-state index >= 15 is 0 Å². The lowest BCUT2D eigenvalue weighted by molar-refractivity contribution is 0.0718. The van der Waals surface area contributed by atoms with Crippen LogP contribution in [0.3, 0.4) is 0 Å². The molecule has 0 spiro atoms. The molecule has 1 fully saturated rings. The number of nitrogens with zero attached hydrogens (tertiary/aromatic N) is 5. The number of piperidine rings is 1. The Hall–Kier alpha value is -4.64. The molecule has 0 bridgehead atoms. The molecule has 37 heavy (non-hydrogen) atoms. The summed E-state index contributed by atoms with van der Waals surface area (Å²) in [5.74, 6) is 1.52. The minimum absolute atomic E-state index is 0.0637. The summed E-state index contributed by atoms with van der Waals surface area (Å²) in [6, 6.07) is 15.8. The molecule has 1 aliphatic rings. The number of hydrogen-bond acceptors (Lipinski definition) is 6. The van der Waals surface area contributed by atoms with Gasteiger partial charge < -0.3 is 15.0 Å². The summed E-state index contributed by atoms with van der Waals surface area (Å²) in [7, 11) is 0. The standard InChI is InChI=1S/C29H28N6O2/c1-3-20-5-7-21(8-6-20)29(36)34-13-11-24(12-14-34)33-27-10-9-22(17-31-27)26-15-25(37-4-2)19-35-28(26)23(16-30)18-32-35/h3,5-10,15,17-19,24H,1,4,11-14H2,2H3,(H,31,33).